The highest BCUT2D eigenvalue weighted by molar-refractivity contribution is 7.22. The number of halogens is 1. The molecule has 8 heteroatoms. The number of hydrogen-bond donors (Lipinski definition) is 1. The lowest BCUT2D eigenvalue weighted by molar-refractivity contribution is -0.132. The van der Waals surface area contributed by atoms with Gasteiger partial charge in [0.25, 0.3) is 5.78 Å². The van der Waals surface area contributed by atoms with Crippen molar-refractivity contribution in [1.29, 1.82) is 0 Å². The molecule has 0 saturated carbocycles. The van der Waals surface area contributed by atoms with Crippen LogP contribution < -0.4 is 9.64 Å². The Kier molecular flexibility index (Phi) is 7.24. The van der Waals surface area contributed by atoms with Gasteiger partial charge in [0.2, 0.25) is 0 Å². The second kappa shape index (κ2) is 10.8. The number of thiazole rings is 1. The number of amides is 1. The van der Waals surface area contributed by atoms with E-state index in [0.29, 0.717) is 33.7 Å². The molecule has 4 aromatic rings. The van der Waals surface area contributed by atoms with Gasteiger partial charge in [-0.3, -0.25) is 14.5 Å². The lowest BCUT2D eigenvalue weighted by Crippen LogP contribution is -2.29. The molecule has 1 atom stereocenters. The number of carbonyl (C=O) groups excluding carboxylic acids is 2. The molecule has 6 nitrogen and oxygen atoms in total. The summed E-state index contributed by atoms with van der Waals surface area (Å²) in [5.74, 6) is -1.75. The topological polar surface area (TPSA) is 79.7 Å². The average molecular weight is 531 g/mol. The molecule has 1 saturated heterocycles. The number of ether oxygens (including phenoxy) is 1. The zero-order valence-electron chi connectivity index (χ0n) is 21.1. The van der Waals surface area contributed by atoms with Crippen LogP contribution in [0.2, 0.25) is 0 Å². The molecule has 1 aliphatic heterocycles. The fourth-order valence-electron chi connectivity index (χ4n) is 4.49. The molecule has 1 fully saturated rings. The van der Waals surface area contributed by atoms with E-state index in [2.05, 4.69) is 11.9 Å². The molecule has 0 aliphatic carbocycles. The third kappa shape index (κ3) is 4.79. The zero-order chi connectivity index (χ0) is 26.8. The molecule has 1 amide bonds. The highest BCUT2D eigenvalue weighted by atomic mass is 32.1. The van der Waals surface area contributed by atoms with Gasteiger partial charge in [0.05, 0.1) is 28.4 Å². The first-order chi connectivity index (χ1) is 18.4. The van der Waals surface area contributed by atoms with Crippen LogP contribution in [0.4, 0.5) is 9.52 Å². The summed E-state index contributed by atoms with van der Waals surface area (Å²) >= 11 is 1.12. The monoisotopic (exact) mass is 530 g/mol. The zero-order valence-corrected chi connectivity index (χ0v) is 21.9. The number of Topliss-reactive ketones (excluding diaryl/α,β-unsaturated/α-hetero) is 1. The Bertz CT molecular complexity index is 1540. The largest absolute Gasteiger partial charge is 0.507 e. The van der Waals surface area contributed by atoms with Crippen LogP contribution in [-0.4, -0.2) is 28.4 Å². The average Bonchev–Trinajstić information content (AvgIpc) is 3.46. The number of unbranched alkanes of at least 4 members (excludes halogenated alkanes) is 1. The van der Waals surface area contributed by atoms with Crippen molar-refractivity contribution in [3.63, 3.8) is 0 Å². The first-order valence-corrected chi connectivity index (χ1v) is 13.4. The van der Waals surface area contributed by atoms with E-state index >= 15 is 0 Å². The van der Waals surface area contributed by atoms with E-state index in [4.69, 9.17) is 4.74 Å². The normalized spacial score (nSPS) is 16.9. The predicted molar refractivity (Wildman–Crippen MR) is 147 cm³/mol. The minimum atomic E-state index is -0.906. The highest BCUT2D eigenvalue weighted by Crippen LogP contribution is 2.44. The number of nitrogens with zero attached hydrogens (tertiary/aromatic N) is 2. The summed E-state index contributed by atoms with van der Waals surface area (Å²) in [6, 6.07) is 17.7. The molecule has 194 valence electrons. The number of benzene rings is 3. The molecule has 1 unspecified atom stereocenters. The maximum atomic E-state index is 13.9. The first kappa shape index (κ1) is 25.6. The number of aliphatic hydroxyl groups is 1. The number of anilines is 1. The smallest absolute Gasteiger partial charge is 0.301 e. The van der Waals surface area contributed by atoms with Crippen LogP contribution in [0.25, 0.3) is 16.0 Å². The van der Waals surface area contributed by atoms with Crippen LogP contribution in [0.5, 0.6) is 5.75 Å². The minimum absolute atomic E-state index is 0.0320. The lowest BCUT2D eigenvalue weighted by atomic mass is 9.94. The quantitative estimate of drug-likeness (QED) is 0.117. The fourth-order valence-corrected chi connectivity index (χ4v) is 5.51. The van der Waals surface area contributed by atoms with Gasteiger partial charge in [-0.15, -0.1) is 0 Å². The van der Waals surface area contributed by atoms with Gasteiger partial charge < -0.3 is 9.84 Å². The summed E-state index contributed by atoms with van der Waals surface area (Å²) in [5, 5.41) is 11.7. The van der Waals surface area contributed by atoms with Crippen molar-refractivity contribution < 1.29 is 23.8 Å². The van der Waals surface area contributed by atoms with Gasteiger partial charge in [-0.05, 0) is 54.3 Å². The third-order valence-corrected chi connectivity index (χ3v) is 7.58. The second-order valence-corrected chi connectivity index (χ2v) is 10.1. The van der Waals surface area contributed by atoms with Crippen LogP contribution in [0.15, 0.2) is 72.3 Å². The number of rotatable bonds is 8. The van der Waals surface area contributed by atoms with Gasteiger partial charge in [-0.1, -0.05) is 68.0 Å². The molecule has 0 spiro atoms. The Morgan fingerprint density at radius 1 is 1.08 bits per heavy atom. The van der Waals surface area contributed by atoms with Crippen LogP contribution in [0.1, 0.15) is 49.4 Å². The Morgan fingerprint density at radius 2 is 1.87 bits per heavy atom. The Balaban J connectivity index is 1.64. The van der Waals surface area contributed by atoms with Gasteiger partial charge in [0.1, 0.15) is 17.3 Å². The van der Waals surface area contributed by atoms with Crippen molar-refractivity contribution in [1.82, 2.24) is 4.98 Å². The standard InChI is InChI=1S/C30H27FN2O4S/c1-3-5-15-37-22-8-6-7-20(16-22)27(34)25-26(19-11-9-18(4-2)10-12-19)33(29(36)28(25)35)30-32-23-14-13-21(31)17-24(23)38-30/h6-14,16-17,26,34H,3-5,15H2,1-2H3/b27-25+. The van der Waals surface area contributed by atoms with Crippen molar-refractivity contribution in [3.8, 4) is 5.75 Å². The predicted octanol–water partition coefficient (Wildman–Crippen LogP) is 6.80. The number of aliphatic hydroxyl groups excluding tert-OH is 1. The molecule has 38 heavy (non-hydrogen) atoms. The van der Waals surface area contributed by atoms with Gasteiger partial charge in [0.15, 0.2) is 5.13 Å². The van der Waals surface area contributed by atoms with E-state index in [1.54, 1.807) is 24.3 Å². The molecule has 5 rings (SSSR count). The molecule has 0 radical (unpaired) electrons. The minimum Gasteiger partial charge on any atom is -0.507 e. The van der Waals surface area contributed by atoms with Gasteiger partial charge in [0, 0.05) is 5.56 Å². The van der Waals surface area contributed by atoms with Crippen LogP contribution >= 0.6 is 11.3 Å². The summed E-state index contributed by atoms with van der Waals surface area (Å²) in [6.45, 7) is 4.64. The summed E-state index contributed by atoms with van der Waals surface area (Å²) in [7, 11) is 0. The molecule has 1 N–H and O–H groups in total. The molecule has 2 heterocycles. The number of fused-ring (bicyclic) bond motifs is 1. The van der Waals surface area contributed by atoms with E-state index in [9.17, 15) is 19.1 Å². The van der Waals surface area contributed by atoms with E-state index in [1.165, 1.54) is 23.1 Å². The SMILES string of the molecule is CCCCOc1cccc(/C(O)=C2\C(=O)C(=O)N(c3nc4ccc(F)cc4s3)C2c2ccc(CC)cc2)c1. The number of aryl methyl sites for hydroxylation is 1. The van der Waals surface area contributed by atoms with E-state index in [0.717, 1.165) is 36.2 Å². The molecule has 1 aromatic heterocycles. The van der Waals surface area contributed by atoms with Crippen molar-refractivity contribution >= 4 is 44.1 Å². The van der Waals surface area contributed by atoms with Crippen molar-refractivity contribution in [2.45, 2.75) is 39.2 Å². The molecular formula is C30H27FN2O4S. The fraction of sp³-hybridized carbons (Fsp3) is 0.233. The summed E-state index contributed by atoms with van der Waals surface area (Å²) in [6.07, 6.45) is 2.70. The number of carbonyl (C=O) groups is 2. The van der Waals surface area contributed by atoms with Crippen LogP contribution in [0.3, 0.4) is 0 Å². The van der Waals surface area contributed by atoms with Crippen molar-refractivity contribution in [3.05, 3.63) is 94.8 Å². The maximum absolute atomic E-state index is 13.9. The highest BCUT2D eigenvalue weighted by Gasteiger charge is 2.48. The van der Waals surface area contributed by atoms with Crippen molar-refractivity contribution in [2.75, 3.05) is 11.5 Å². The Labute approximate surface area is 224 Å². The Hall–Kier alpha value is -4.04. The van der Waals surface area contributed by atoms with E-state index in [-0.39, 0.29) is 16.5 Å². The lowest BCUT2D eigenvalue weighted by Gasteiger charge is -2.23. The first-order valence-electron chi connectivity index (χ1n) is 12.6. The summed E-state index contributed by atoms with van der Waals surface area (Å²) < 4.78 is 20.2. The van der Waals surface area contributed by atoms with Gasteiger partial charge in [-0.2, -0.15) is 0 Å². The second-order valence-electron chi connectivity index (χ2n) is 9.10. The number of hydrogen-bond acceptors (Lipinski definition) is 6. The van der Waals surface area contributed by atoms with Gasteiger partial charge in [-0.25, -0.2) is 9.37 Å². The van der Waals surface area contributed by atoms with Crippen LogP contribution in [-0.2, 0) is 16.0 Å². The molecule has 0 bridgehead atoms. The Morgan fingerprint density at radius 3 is 2.61 bits per heavy atom. The molecule has 1 aliphatic rings. The molecule has 3 aromatic carbocycles. The van der Waals surface area contributed by atoms with E-state index in [1.807, 2.05) is 31.2 Å². The van der Waals surface area contributed by atoms with Gasteiger partial charge >= 0.3 is 5.91 Å². The maximum Gasteiger partial charge on any atom is 0.301 e. The summed E-state index contributed by atoms with van der Waals surface area (Å²) in [5.41, 5.74) is 2.61. The van der Waals surface area contributed by atoms with Crippen LogP contribution in [0, 0.1) is 5.82 Å². The third-order valence-electron chi connectivity index (χ3n) is 6.57. The number of aromatic nitrogens is 1. The number of ketones is 1. The summed E-state index contributed by atoms with van der Waals surface area (Å²) in [4.78, 5) is 32.7. The van der Waals surface area contributed by atoms with Crippen molar-refractivity contribution in [2.24, 2.45) is 0 Å². The van der Waals surface area contributed by atoms with E-state index < -0.39 is 23.5 Å². The molecular weight excluding hydrogens is 503 g/mol.